The second kappa shape index (κ2) is 9.40. The Labute approximate surface area is 177 Å². The average molecular weight is 433 g/mol. The summed E-state index contributed by atoms with van der Waals surface area (Å²) in [7, 11) is 3.76. The van der Waals surface area contributed by atoms with Crippen LogP contribution in [0.25, 0.3) is 16.3 Å². The Morgan fingerprint density at radius 3 is 2.57 bits per heavy atom. The van der Waals surface area contributed by atoms with Crippen LogP contribution in [0, 0.1) is 0 Å². The van der Waals surface area contributed by atoms with E-state index in [-0.39, 0.29) is 12.5 Å². The van der Waals surface area contributed by atoms with Crippen LogP contribution in [0.4, 0.5) is 13.2 Å². The van der Waals surface area contributed by atoms with Crippen LogP contribution in [0.15, 0.2) is 54.6 Å². The third kappa shape index (κ3) is 5.90. The Bertz CT molecular complexity index is 1010. The van der Waals surface area contributed by atoms with Gasteiger partial charge in [-0.15, -0.1) is 11.3 Å². The van der Waals surface area contributed by atoms with E-state index in [9.17, 15) is 18.0 Å². The van der Waals surface area contributed by atoms with Crippen molar-refractivity contribution < 1.29 is 18.0 Å². The maximum Gasteiger partial charge on any atom is 0.416 e. The number of carbonyl (C=O) groups is 1. The van der Waals surface area contributed by atoms with Gasteiger partial charge in [-0.25, -0.2) is 4.98 Å². The zero-order valence-corrected chi connectivity index (χ0v) is 17.5. The maximum absolute atomic E-state index is 13.0. The lowest BCUT2D eigenvalue weighted by atomic mass is 10.1. The highest BCUT2D eigenvalue weighted by Gasteiger charge is 2.30. The summed E-state index contributed by atoms with van der Waals surface area (Å²) in [4.78, 5) is 20.7. The number of nitrogens with zero attached hydrogens (tertiary/aromatic N) is 3. The molecule has 3 aromatic rings. The number of hydrogen-bond donors (Lipinski definition) is 0. The molecule has 1 aromatic heterocycles. The first-order valence-electron chi connectivity index (χ1n) is 9.36. The summed E-state index contributed by atoms with van der Waals surface area (Å²) in [5, 5.41) is 0.705. The zero-order valence-electron chi connectivity index (χ0n) is 16.7. The minimum absolute atomic E-state index is 0.0980. The lowest BCUT2D eigenvalue weighted by molar-refractivity contribution is -0.137. The van der Waals surface area contributed by atoms with Gasteiger partial charge in [-0.05, 0) is 50.0 Å². The molecule has 0 spiro atoms. The molecule has 0 saturated carbocycles. The number of hydrogen-bond acceptors (Lipinski definition) is 4. The standard InChI is InChI=1S/C22H22F3N3OS/c1-27(2)12-13-28(15-16-6-5-7-17(14-16)22(23,24)25)21(29)11-10-20-26-18-8-3-4-9-19(18)30-20/h3-11,14H,12-13,15H2,1-2H3/b11-10+. The number of benzene rings is 2. The Morgan fingerprint density at radius 1 is 1.10 bits per heavy atom. The van der Waals surface area contributed by atoms with Crippen molar-refractivity contribution in [3.05, 3.63) is 70.7 Å². The molecule has 158 valence electrons. The van der Waals surface area contributed by atoms with Crippen LogP contribution in [0.1, 0.15) is 16.1 Å². The maximum atomic E-state index is 13.0. The molecule has 4 nitrogen and oxygen atoms in total. The van der Waals surface area contributed by atoms with Crippen LogP contribution in [0.3, 0.4) is 0 Å². The van der Waals surface area contributed by atoms with Crippen molar-refractivity contribution in [2.75, 3.05) is 27.2 Å². The fraction of sp³-hybridized carbons (Fsp3) is 0.273. The van der Waals surface area contributed by atoms with Gasteiger partial charge in [-0.3, -0.25) is 4.79 Å². The summed E-state index contributed by atoms with van der Waals surface area (Å²) >= 11 is 1.48. The van der Waals surface area contributed by atoms with Crippen LogP contribution in [0.2, 0.25) is 0 Å². The minimum atomic E-state index is -4.42. The molecule has 8 heteroatoms. The number of amides is 1. The number of rotatable bonds is 7. The van der Waals surface area contributed by atoms with Gasteiger partial charge in [0.05, 0.1) is 15.8 Å². The predicted octanol–water partition coefficient (Wildman–Crippen LogP) is 4.92. The molecule has 0 fully saturated rings. The summed E-state index contributed by atoms with van der Waals surface area (Å²) in [5.74, 6) is -0.270. The second-order valence-electron chi connectivity index (χ2n) is 7.11. The van der Waals surface area contributed by atoms with Crippen molar-refractivity contribution in [3.63, 3.8) is 0 Å². The van der Waals surface area contributed by atoms with Gasteiger partial charge < -0.3 is 9.80 Å². The van der Waals surface area contributed by atoms with Gasteiger partial charge in [0.2, 0.25) is 5.91 Å². The number of likely N-dealkylation sites (N-methyl/N-ethyl adjacent to an activating group) is 1. The van der Waals surface area contributed by atoms with Gasteiger partial charge in [-0.2, -0.15) is 13.2 Å². The third-order valence-corrected chi connectivity index (χ3v) is 5.44. The number of carbonyl (C=O) groups excluding carboxylic acids is 1. The van der Waals surface area contributed by atoms with E-state index in [2.05, 4.69) is 4.98 Å². The van der Waals surface area contributed by atoms with Crippen LogP contribution >= 0.6 is 11.3 Å². The molecule has 0 atom stereocenters. The van der Waals surface area contributed by atoms with E-state index in [0.29, 0.717) is 23.7 Å². The normalized spacial score (nSPS) is 12.2. The molecular weight excluding hydrogens is 411 g/mol. The lowest BCUT2D eigenvalue weighted by Crippen LogP contribution is -2.35. The molecule has 0 aliphatic heterocycles. The molecule has 3 rings (SSSR count). The fourth-order valence-electron chi connectivity index (χ4n) is 2.86. The molecule has 1 amide bonds. The molecule has 0 unspecified atom stereocenters. The number of aromatic nitrogens is 1. The van der Waals surface area contributed by atoms with Gasteiger partial charge in [0.25, 0.3) is 0 Å². The highest BCUT2D eigenvalue weighted by Crippen LogP contribution is 2.30. The monoisotopic (exact) mass is 433 g/mol. The van der Waals surface area contributed by atoms with Gasteiger partial charge in [0.1, 0.15) is 5.01 Å². The summed E-state index contributed by atoms with van der Waals surface area (Å²) in [5.41, 5.74) is 0.582. The second-order valence-corrected chi connectivity index (χ2v) is 8.18. The molecule has 0 radical (unpaired) electrons. The van der Waals surface area contributed by atoms with E-state index in [0.717, 1.165) is 22.3 Å². The SMILES string of the molecule is CN(C)CCN(Cc1cccc(C(F)(F)F)c1)C(=O)/C=C/c1nc2ccccc2s1. The Kier molecular flexibility index (Phi) is 6.89. The quantitative estimate of drug-likeness (QED) is 0.497. The number of thiazole rings is 1. The van der Waals surface area contributed by atoms with Crippen molar-refractivity contribution >= 4 is 33.5 Å². The molecule has 0 aliphatic rings. The van der Waals surface area contributed by atoms with Crippen LogP contribution in [-0.2, 0) is 17.5 Å². The van der Waals surface area contributed by atoms with Crippen molar-refractivity contribution in [2.45, 2.75) is 12.7 Å². The van der Waals surface area contributed by atoms with Gasteiger partial charge >= 0.3 is 6.18 Å². The van der Waals surface area contributed by atoms with Crippen molar-refractivity contribution in [1.82, 2.24) is 14.8 Å². The van der Waals surface area contributed by atoms with Gasteiger partial charge in [-0.1, -0.05) is 24.3 Å². The molecule has 0 saturated heterocycles. The van der Waals surface area contributed by atoms with Crippen LogP contribution in [0.5, 0.6) is 0 Å². The molecule has 1 heterocycles. The van der Waals surface area contributed by atoms with E-state index >= 15 is 0 Å². The number of alkyl halides is 3. The number of para-hydroxylation sites is 1. The minimum Gasteiger partial charge on any atom is -0.334 e. The average Bonchev–Trinajstić information content (AvgIpc) is 3.11. The summed E-state index contributed by atoms with van der Waals surface area (Å²) in [6, 6.07) is 12.8. The largest absolute Gasteiger partial charge is 0.416 e. The summed E-state index contributed by atoms with van der Waals surface area (Å²) in [6.07, 6.45) is -1.33. The van der Waals surface area contributed by atoms with Crippen molar-refractivity contribution in [2.24, 2.45) is 0 Å². The predicted molar refractivity (Wildman–Crippen MR) is 114 cm³/mol. The van der Waals surface area contributed by atoms with Crippen LogP contribution in [-0.4, -0.2) is 47.9 Å². The zero-order chi connectivity index (χ0) is 21.7. The van der Waals surface area contributed by atoms with E-state index in [1.807, 2.05) is 43.3 Å². The van der Waals surface area contributed by atoms with Crippen LogP contribution < -0.4 is 0 Å². The molecule has 0 N–H and O–H groups in total. The first-order valence-corrected chi connectivity index (χ1v) is 10.2. The van der Waals surface area contributed by atoms with E-state index < -0.39 is 11.7 Å². The highest BCUT2D eigenvalue weighted by molar-refractivity contribution is 7.19. The highest BCUT2D eigenvalue weighted by atomic mass is 32.1. The summed E-state index contributed by atoms with van der Waals surface area (Å²) in [6.45, 7) is 1.09. The van der Waals surface area contributed by atoms with E-state index in [1.54, 1.807) is 17.0 Å². The molecule has 0 aliphatic carbocycles. The summed E-state index contributed by atoms with van der Waals surface area (Å²) < 4.78 is 40.1. The topological polar surface area (TPSA) is 36.4 Å². The molecule has 0 bridgehead atoms. The molecule has 30 heavy (non-hydrogen) atoms. The van der Waals surface area contributed by atoms with Crippen molar-refractivity contribution in [3.8, 4) is 0 Å². The van der Waals surface area contributed by atoms with Gasteiger partial charge in [0, 0.05) is 25.7 Å². The first kappa shape index (κ1) is 22.0. The Balaban J connectivity index is 1.77. The Morgan fingerprint density at radius 2 is 1.87 bits per heavy atom. The third-order valence-electron chi connectivity index (χ3n) is 4.44. The van der Waals surface area contributed by atoms with E-state index in [1.165, 1.54) is 23.5 Å². The lowest BCUT2D eigenvalue weighted by Gasteiger charge is -2.23. The number of halogens is 3. The molecule has 2 aromatic carbocycles. The number of fused-ring (bicyclic) bond motifs is 1. The Hall–Kier alpha value is -2.71. The molecular formula is C22H22F3N3OS. The van der Waals surface area contributed by atoms with E-state index in [4.69, 9.17) is 0 Å². The fourth-order valence-corrected chi connectivity index (χ4v) is 3.73. The van der Waals surface area contributed by atoms with Gasteiger partial charge in [0.15, 0.2) is 0 Å². The smallest absolute Gasteiger partial charge is 0.334 e. The first-order chi connectivity index (χ1) is 14.2. The van der Waals surface area contributed by atoms with Crippen molar-refractivity contribution in [1.29, 1.82) is 0 Å².